The van der Waals surface area contributed by atoms with Gasteiger partial charge in [0.05, 0.1) is 6.04 Å². The SMILES string of the molecule is Fc1ccc(C2c3c(ccc4ccccc34)OC3CCCN32)cc1. The van der Waals surface area contributed by atoms with Crippen molar-refractivity contribution in [1.29, 1.82) is 0 Å². The van der Waals surface area contributed by atoms with Crippen molar-refractivity contribution in [1.82, 2.24) is 4.90 Å². The van der Waals surface area contributed by atoms with Gasteiger partial charge in [-0.05, 0) is 47.4 Å². The van der Waals surface area contributed by atoms with Crippen LogP contribution in [-0.4, -0.2) is 17.7 Å². The summed E-state index contributed by atoms with van der Waals surface area (Å²) < 4.78 is 19.7. The Morgan fingerprint density at radius 1 is 0.958 bits per heavy atom. The highest BCUT2D eigenvalue weighted by Crippen LogP contribution is 2.46. The van der Waals surface area contributed by atoms with Gasteiger partial charge in [-0.1, -0.05) is 42.5 Å². The molecular formula is C21H18FNO. The standard InChI is InChI=1S/C21H18FNO/c22-16-10-7-15(8-11-16)21-20-17-5-2-1-4-14(17)9-12-18(20)24-19-6-3-13-23(19)21/h1-2,4-5,7-12,19,21H,3,6,13H2. The second-order valence-corrected chi connectivity index (χ2v) is 6.61. The van der Waals surface area contributed by atoms with Crippen LogP contribution in [-0.2, 0) is 0 Å². The van der Waals surface area contributed by atoms with Gasteiger partial charge in [-0.15, -0.1) is 0 Å². The molecule has 2 aliphatic rings. The molecule has 1 fully saturated rings. The zero-order valence-electron chi connectivity index (χ0n) is 13.3. The molecule has 0 saturated carbocycles. The maximum atomic E-state index is 13.4. The van der Waals surface area contributed by atoms with Gasteiger partial charge in [-0.2, -0.15) is 0 Å². The summed E-state index contributed by atoms with van der Waals surface area (Å²) in [6.07, 6.45) is 2.30. The number of rotatable bonds is 1. The van der Waals surface area contributed by atoms with Gasteiger partial charge in [0.25, 0.3) is 0 Å². The predicted octanol–water partition coefficient (Wildman–Crippen LogP) is 4.88. The molecule has 2 aliphatic heterocycles. The number of halogens is 1. The zero-order valence-corrected chi connectivity index (χ0v) is 13.3. The molecular weight excluding hydrogens is 301 g/mol. The van der Waals surface area contributed by atoms with E-state index in [4.69, 9.17) is 4.74 Å². The highest BCUT2D eigenvalue weighted by molar-refractivity contribution is 5.89. The van der Waals surface area contributed by atoms with Crippen molar-refractivity contribution in [3.63, 3.8) is 0 Å². The first-order chi connectivity index (χ1) is 11.8. The van der Waals surface area contributed by atoms with E-state index in [0.29, 0.717) is 0 Å². The first-order valence-electron chi connectivity index (χ1n) is 8.51. The maximum absolute atomic E-state index is 13.4. The van der Waals surface area contributed by atoms with Gasteiger partial charge in [0.15, 0.2) is 6.23 Å². The van der Waals surface area contributed by atoms with Crippen molar-refractivity contribution < 1.29 is 9.13 Å². The molecule has 0 spiro atoms. The van der Waals surface area contributed by atoms with E-state index in [1.807, 2.05) is 12.1 Å². The first-order valence-corrected chi connectivity index (χ1v) is 8.51. The number of ether oxygens (including phenoxy) is 1. The smallest absolute Gasteiger partial charge is 0.153 e. The molecule has 2 nitrogen and oxygen atoms in total. The number of benzene rings is 3. The van der Waals surface area contributed by atoms with Crippen molar-refractivity contribution >= 4 is 10.8 Å². The maximum Gasteiger partial charge on any atom is 0.153 e. The topological polar surface area (TPSA) is 12.5 Å². The van der Waals surface area contributed by atoms with Crippen LogP contribution in [0.25, 0.3) is 10.8 Å². The molecule has 3 aromatic carbocycles. The van der Waals surface area contributed by atoms with Crippen molar-refractivity contribution in [2.75, 3.05) is 6.54 Å². The highest BCUT2D eigenvalue weighted by Gasteiger charge is 2.40. The average Bonchev–Trinajstić information content (AvgIpc) is 3.08. The summed E-state index contributed by atoms with van der Waals surface area (Å²) in [5.41, 5.74) is 2.34. The summed E-state index contributed by atoms with van der Waals surface area (Å²) in [6.45, 7) is 1.01. The summed E-state index contributed by atoms with van der Waals surface area (Å²) in [5.74, 6) is 0.771. The lowest BCUT2D eigenvalue weighted by Crippen LogP contribution is -2.41. The third-order valence-electron chi connectivity index (χ3n) is 5.22. The Hall–Kier alpha value is -2.39. The van der Waals surface area contributed by atoms with Crippen LogP contribution >= 0.6 is 0 Å². The van der Waals surface area contributed by atoms with E-state index >= 15 is 0 Å². The van der Waals surface area contributed by atoms with Gasteiger partial charge in [-0.3, -0.25) is 4.90 Å². The number of nitrogens with zero attached hydrogens (tertiary/aromatic N) is 1. The third-order valence-corrected chi connectivity index (χ3v) is 5.22. The summed E-state index contributed by atoms with van der Waals surface area (Å²) >= 11 is 0. The molecule has 0 N–H and O–H groups in total. The van der Waals surface area contributed by atoms with Gasteiger partial charge in [0, 0.05) is 12.1 Å². The van der Waals surface area contributed by atoms with Crippen molar-refractivity contribution in [2.45, 2.75) is 25.1 Å². The Bertz CT molecular complexity index is 905. The van der Waals surface area contributed by atoms with Crippen LogP contribution in [0.5, 0.6) is 5.75 Å². The van der Waals surface area contributed by atoms with E-state index in [9.17, 15) is 4.39 Å². The molecule has 5 rings (SSSR count). The Morgan fingerprint density at radius 2 is 1.79 bits per heavy atom. The monoisotopic (exact) mass is 319 g/mol. The Labute approximate surface area is 140 Å². The van der Waals surface area contributed by atoms with Crippen LogP contribution in [0.2, 0.25) is 0 Å². The molecule has 2 unspecified atom stereocenters. The van der Waals surface area contributed by atoms with Crippen LogP contribution in [0.3, 0.4) is 0 Å². The summed E-state index contributed by atoms with van der Waals surface area (Å²) in [7, 11) is 0. The zero-order chi connectivity index (χ0) is 16.1. The number of hydrogen-bond acceptors (Lipinski definition) is 2. The first kappa shape index (κ1) is 14.0. The lowest BCUT2D eigenvalue weighted by molar-refractivity contribution is 0.0176. The van der Waals surface area contributed by atoms with Crippen LogP contribution < -0.4 is 4.74 Å². The average molecular weight is 319 g/mol. The molecule has 0 aliphatic carbocycles. The van der Waals surface area contributed by atoms with Gasteiger partial charge >= 0.3 is 0 Å². The Balaban J connectivity index is 1.77. The molecule has 0 radical (unpaired) electrons. The molecule has 0 aromatic heterocycles. The summed E-state index contributed by atoms with van der Waals surface area (Å²) in [6, 6.07) is 19.7. The lowest BCUT2D eigenvalue weighted by Gasteiger charge is -2.40. The van der Waals surface area contributed by atoms with Gasteiger partial charge < -0.3 is 4.74 Å². The molecule has 0 amide bonds. The largest absolute Gasteiger partial charge is 0.475 e. The van der Waals surface area contributed by atoms with E-state index < -0.39 is 0 Å². The fraction of sp³-hybridized carbons (Fsp3) is 0.238. The quantitative estimate of drug-likeness (QED) is 0.633. The van der Waals surface area contributed by atoms with Crippen LogP contribution in [0.15, 0.2) is 60.7 Å². The highest BCUT2D eigenvalue weighted by atomic mass is 19.1. The predicted molar refractivity (Wildman–Crippen MR) is 92.5 cm³/mol. The lowest BCUT2D eigenvalue weighted by atomic mass is 9.90. The van der Waals surface area contributed by atoms with Crippen LogP contribution in [0, 0.1) is 5.82 Å². The minimum Gasteiger partial charge on any atom is -0.475 e. The molecule has 120 valence electrons. The van der Waals surface area contributed by atoms with Gasteiger partial charge in [0.1, 0.15) is 11.6 Å². The number of fused-ring (bicyclic) bond motifs is 4. The van der Waals surface area contributed by atoms with E-state index in [2.05, 4.69) is 41.3 Å². The van der Waals surface area contributed by atoms with Crippen LogP contribution in [0.1, 0.15) is 30.0 Å². The fourth-order valence-electron chi connectivity index (χ4n) is 4.16. The molecule has 2 heterocycles. The molecule has 3 aromatic rings. The van der Waals surface area contributed by atoms with E-state index in [1.54, 1.807) is 12.1 Å². The van der Waals surface area contributed by atoms with Crippen molar-refractivity contribution in [3.8, 4) is 5.75 Å². The fourth-order valence-corrected chi connectivity index (χ4v) is 4.16. The minimum absolute atomic E-state index is 0.118. The second-order valence-electron chi connectivity index (χ2n) is 6.61. The van der Waals surface area contributed by atoms with Gasteiger partial charge in [-0.25, -0.2) is 4.39 Å². The normalized spacial score (nSPS) is 22.9. The Kier molecular flexibility index (Phi) is 3.10. The third kappa shape index (κ3) is 2.05. The van der Waals surface area contributed by atoms with Crippen molar-refractivity contribution in [2.24, 2.45) is 0 Å². The van der Waals surface area contributed by atoms with E-state index in [-0.39, 0.29) is 18.1 Å². The molecule has 3 heteroatoms. The Morgan fingerprint density at radius 3 is 2.67 bits per heavy atom. The molecule has 1 saturated heterocycles. The van der Waals surface area contributed by atoms with Crippen molar-refractivity contribution in [3.05, 3.63) is 77.6 Å². The summed E-state index contributed by atoms with van der Waals surface area (Å²) in [5, 5.41) is 2.43. The van der Waals surface area contributed by atoms with Gasteiger partial charge in [0.2, 0.25) is 0 Å². The van der Waals surface area contributed by atoms with E-state index in [0.717, 1.165) is 30.7 Å². The minimum atomic E-state index is -0.193. The van der Waals surface area contributed by atoms with E-state index in [1.165, 1.54) is 16.3 Å². The van der Waals surface area contributed by atoms with Crippen LogP contribution in [0.4, 0.5) is 4.39 Å². The molecule has 24 heavy (non-hydrogen) atoms. The molecule has 0 bridgehead atoms. The number of hydrogen-bond donors (Lipinski definition) is 0. The summed E-state index contributed by atoms with van der Waals surface area (Å²) in [4.78, 5) is 2.42. The second kappa shape index (κ2) is 5.32. The molecule has 2 atom stereocenters.